The van der Waals surface area contributed by atoms with Gasteiger partial charge in [0.15, 0.2) is 0 Å². The van der Waals surface area contributed by atoms with Gasteiger partial charge in [0.25, 0.3) is 0 Å². The Kier molecular flexibility index (Phi) is 4.30. The third kappa shape index (κ3) is 3.04. The summed E-state index contributed by atoms with van der Waals surface area (Å²) in [6.45, 7) is 2.00. The van der Waals surface area contributed by atoms with E-state index in [0.717, 1.165) is 33.7 Å². The Labute approximate surface area is 179 Å². The molecule has 0 atom stereocenters. The second-order valence-electron chi connectivity index (χ2n) is 8.16. The lowest BCUT2D eigenvalue weighted by molar-refractivity contribution is 0.0884. The monoisotopic (exact) mass is 408 g/mol. The highest BCUT2D eigenvalue weighted by Gasteiger charge is 2.46. The fourth-order valence-electron chi connectivity index (χ4n) is 4.31. The zero-order valence-electron chi connectivity index (χ0n) is 17.3. The van der Waals surface area contributed by atoms with Crippen LogP contribution in [0.2, 0.25) is 0 Å². The Morgan fingerprint density at radius 2 is 1.97 bits per heavy atom. The molecule has 0 aromatic carbocycles. The van der Waals surface area contributed by atoms with Crippen LogP contribution in [0.25, 0.3) is 33.7 Å². The molecule has 0 N–H and O–H groups in total. The van der Waals surface area contributed by atoms with Crippen molar-refractivity contribution in [1.82, 2.24) is 29.5 Å². The molecule has 1 aliphatic carbocycles. The van der Waals surface area contributed by atoms with E-state index in [1.54, 1.807) is 6.20 Å². The lowest BCUT2D eigenvalue weighted by Crippen LogP contribution is -2.46. The highest BCUT2D eigenvalue weighted by Crippen LogP contribution is 2.46. The molecule has 1 fully saturated rings. The Hall–Kier alpha value is -4.04. The highest BCUT2D eigenvalue weighted by molar-refractivity contribution is 5.93. The number of aryl methyl sites for hydroxylation is 2. The minimum atomic E-state index is -0.419. The molecule has 152 valence electrons. The normalized spacial score (nSPS) is 20.2. The summed E-state index contributed by atoms with van der Waals surface area (Å²) in [6.07, 6.45) is 5.26. The largest absolute Gasteiger partial charge is 0.272 e. The zero-order valence-corrected chi connectivity index (χ0v) is 17.3. The maximum absolute atomic E-state index is 9.34. The Balaban J connectivity index is 1.62. The van der Waals surface area contributed by atoms with Crippen molar-refractivity contribution in [3.63, 3.8) is 0 Å². The van der Waals surface area contributed by atoms with Gasteiger partial charge in [0.2, 0.25) is 0 Å². The molecule has 0 saturated heterocycles. The summed E-state index contributed by atoms with van der Waals surface area (Å²) >= 11 is 0. The minimum absolute atomic E-state index is 0.0279. The van der Waals surface area contributed by atoms with Crippen LogP contribution in [0.4, 0.5) is 0 Å². The van der Waals surface area contributed by atoms with E-state index < -0.39 is 5.54 Å². The van der Waals surface area contributed by atoms with Gasteiger partial charge < -0.3 is 0 Å². The summed E-state index contributed by atoms with van der Waals surface area (Å²) in [4.78, 5) is 9.43. The topological polar surface area (TPSA) is 109 Å². The molecule has 8 heteroatoms. The molecule has 1 saturated carbocycles. The maximum Gasteiger partial charge on any atom is 0.111 e. The van der Waals surface area contributed by atoms with Gasteiger partial charge in [-0.05, 0) is 50.1 Å². The van der Waals surface area contributed by atoms with E-state index in [2.05, 4.69) is 22.2 Å². The summed E-state index contributed by atoms with van der Waals surface area (Å²) in [5.41, 5.74) is 4.40. The number of fused-ring (bicyclic) bond motifs is 1. The molecule has 8 nitrogen and oxygen atoms in total. The molecule has 4 aromatic rings. The first-order chi connectivity index (χ1) is 15.0. The summed E-state index contributed by atoms with van der Waals surface area (Å²) in [5.74, 6) is -0.0279. The first kappa shape index (κ1) is 19.0. The number of nitriles is 2. The van der Waals surface area contributed by atoms with Crippen molar-refractivity contribution in [1.29, 1.82) is 10.5 Å². The molecular weight excluding hydrogens is 388 g/mol. The van der Waals surface area contributed by atoms with Crippen molar-refractivity contribution in [3.8, 4) is 34.9 Å². The van der Waals surface area contributed by atoms with Crippen molar-refractivity contribution < 1.29 is 0 Å². The second-order valence-corrected chi connectivity index (χ2v) is 8.16. The van der Waals surface area contributed by atoms with Crippen LogP contribution < -0.4 is 0 Å². The molecular formula is C23H20N8. The quantitative estimate of drug-likeness (QED) is 0.509. The summed E-state index contributed by atoms with van der Waals surface area (Å²) < 4.78 is 3.67. The zero-order chi connectivity index (χ0) is 21.6. The van der Waals surface area contributed by atoms with Gasteiger partial charge in [0, 0.05) is 30.5 Å². The number of pyridine rings is 2. The third-order valence-corrected chi connectivity index (χ3v) is 6.14. The molecule has 0 radical (unpaired) electrons. The van der Waals surface area contributed by atoms with Crippen LogP contribution in [0, 0.1) is 35.5 Å². The molecule has 0 bridgehead atoms. The molecule has 4 aromatic heterocycles. The molecule has 0 spiro atoms. The highest BCUT2D eigenvalue weighted by atomic mass is 15.3. The Morgan fingerprint density at radius 3 is 2.68 bits per heavy atom. The summed E-state index contributed by atoms with van der Waals surface area (Å²) in [6, 6.07) is 14.3. The van der Waals surface area contributed by atoms with E-state index in [9.17, 15) is 10.5 Å². The molecule has 31 heavy (non-hydrogen) atoms. The van der Waals surface area contributed by atoms with Gasteiger partial charge in [0.05, 0.1) is 41.2 Å². The van der Waals surface area contributed by atoms with Gasteiger partial charge in [-0.15, -0.1) is 0 Å². The van der Waals surface area contributed by atoms with Crippen molar-refractivity contribution >= 4 is 10.9 Å². The van der Waals surface area contributed by atoms with Gasteiger partial charge in [0.1, 0.15) is 17.1 Å². The number of aromatic nitrogens is 6. The van der Waals surface area contributed by atoms with Crippen LogP contribution in [-0.4, -0.2) is 29.5 Å². The predicted octanol–water partition coefficient (Wildman–Crippen LogP) is 3.74. The van der Waals surface area contributed by atoms with E-state index in [-0.39, 0.29) is 5.92 Å². The van der Waals surface area contributed by atoms with Crippen LogP contribution >= 0.6 is 0 Å². The van der Waals surface area contributed by atoms with Gasteiger partial charge in [-0.25, -0.2) is 4.98 Å². The molecule has 0 unspecified atom stereocenters. The SMILES string of the molecule is Cc1cc(-c2cc3ncccc3c(-c3ccn(C4(CC#N)CC(C#N)C4)n3)n2)nn1C. The van der Waals surface area contributed by atoms with Gasteiger partial charge in [-0.1, -0.05) is 0 Å². The fourth-order valence-corrected chi connectivity index (χ4v) is 4.31. The average Bonchev–Trinajstić information content (AvgIpc) is 3.37. The van der Waals surface area contributed by atoms with Gasteiger partial charge >= 0.3 is 0 Å². The second kappa shape index (κ2) is 7.03. The number of nitrogens with zero attached hydrogens (tertiary/aromatic N) is 8. The van der Waals surface area contributed by atoms with Crippen molar-refractivity contribution in [2.24, 2.45) is 13.0 Å². The van der Waals surface area contributed by atoms with Crippen LogP contribution in [0.15, 0.2) is 42.7 Å². The first-order valence-electron chi connectivity index (χ1n) is 10.1. The Morgan fingerprint density at radius 1 is 1.13 bits per heavy atom. The third-order valence-electron chi connectivity index (χ3n) is 6.14. The smallest absolute Gasteiger partial charge is 0.111 e. The number of hydrogen-bond acceptors (Lipinski definition) is 6. The van der Waals surface area contributed by atoms with E-state index >= 15 is 0 Å². The van der Waals surface area contributed by atoms with Crippen LogP contribution in [0.3, 0.4) is 0 Å². The first-order valence-corrected chi connectivity index (χ1v) is 10.1. The van der Waals surface area contributed by atoms with E-state index in [1.165, 1.54) is 0 Å². The van der Waals surface area contributed by atoms with Crippen molar-refractivity contribution in [2.75, 3.05) is 0 Å². The fraction of sp³-hybridized carbons (Fsp3) is 0.304. The molecule has 1 aliphatic rings. The van der Waals surface area contributed by atoms with Crippen LogP contribution in [-0.2, 0) is 12.6 Å². The van der Waals surface area contributed by atoms with E-state index in [1.807, 2.05) is 59.9 Å². The predicted molar refractivity (Wildman–Crippen MR) is 114 cm³/mol. The molecule has 5 rings (SSSR count). The van der Waals surface area contributed by atoms with E-state index in [0.29, 0.717) is 25.0 Å². The number of hydrogen-bond donors (Lipinski definition) is 0. The van der Waals surface area contributed by atoms with Crippen molar-refractivity contribution in [2.45, 2.75) is 31.7 Å². The lowest BCUT2D eigenvalue weighted by Gasteiger charge is -2.43. The summed E-state index contributed by atoms with van der Waals surface area (Å²) in [7, 11) is 1.91. The van der Waals surface area contributed by atoms with Crippen LogP contribution in [0.5, 0.6) is 0 Å². The molecule has 0 amide bonds. The minimum Gasteiger partial charge on any atom is -0.272 e. The maximum atomic E-state index is 9.34. The standard InChI is InChI=1S/C23H20N8/c1-15-10-21(28-30(15)2)20-11-19-17(4-3-8-26-19)22(27-20)18-5-9-31(29-18)23(6-7-24)12-16(13-23)14-25/h3-5,8-11,16H,6,12-13H2,1-2H3. The summed E-state index contributed by atoms with van der Waals surface area (Å²) in [5, 5.41) is 28.8. The average molecular weight is 408 g/mol. The van der Waals surface area contributed by atoms with Crippen LogP contribution in [0.1, 0.15) is 25.0 Å². The lowest BCUT2D eigenvalue weighted by atomic mass is 9.67. The Bertz CT molecular complexity index is 1360. The molecule has 4 heterocycles. The number of rotatable bonds is 4. The molecule has 0 aliphatic heterocycles. The van der Waals surface area contributed by atoms with Crippen molar-refractivity contribution in [3.05, 3.63) is 48.4 Å². The van der Waals surface area contributed by atoms with Gasteiger partial charge in [-0.2, -0.15) is 20.7 Å². The van der Waals surface area contributed by atoms with E-state index in [4.69, 9.17) is 10.1 Å². The van der Waals surface area contributed by atoms with Gasteiger partial charge in [-0.3, -0.25) is 14.3 Å².